The number of ether oxygens (including phenoxy) is 2. The van der Waals surface area contributed by atoms with Gasteiger partial charge in [0.25, 0.3) is 0 Å². The first-order valence-corrected chi connectivity index (χ1v) is 5.56. The maximum atomic E-state index is 5.51. The van der Waals surface area contributed by atoms with Gasteiger partial charge in [0.15, 0.2) is 0 Å². The molecule has 3 nitrogen and oxygen atoms in total. The van der Waals surface area contributed by atoms with Gasteiger partial charge in [0.1, 0.15) is 0 Å². The molecule has 14 heavy (non-hydrogen) atoms. The summed E-state index contributed by atoms with van der Waals surface area (Å²) in [7, 11) is 3.72. The third-order valence-electron chi connectivity index (χ3n) is 2.38. The zero-order chi connectivity index (χ0) is 10.6. The Labute approximate surface area is 88.2 Å². The lowest BCUT2D eigenvalue weighted by Crippen LogP contribution is -2.19. The summed E-state index contributed by atoms with van der Waals surface area (Å²) in [5, 5.41) is 3.20. The molecule has 0 spiro atoms. The van der Waals surface area contributed by atoms with E-state index in [1.807, 2.05) is 7.05 Å². The van der Waals surface area contributed by atoms with Gasteiger partial charge in [0.05, 0.1) is 0 Å². The molecule has 3 heteroatoms. The Morgan fingerprint density at radius 2 is 2.00 bits per heavy atom. The van der Waals surface area contributed by atoms with Crippen molar-refractivity contribution in [1.82, 2.24) is 5.32 Å². The highest BCUT2D eigenvalue weighted by atomic mass is 16.5. The average molecular weight is 203 g/mol. The minimum absolute atomic E-state index is 0.752. The van der Waals surface area contributed by atoms with Crippen molar-refractivity contribution in [3.63, 3.8) is 0 Å². The van der Waals surface area contributed by atoms with E-state index in [2.05, 4.69) is 12.2 Å². The van der Waals surface area contributed by atoms with Crippen LogP contribution in [-0.4, -0.2) is 40.5 Å². The van der Waals surface area contributed by atoms with Gasteiger partial charge in [-0.25, -0.2) is 0 Å². The van der Waals surface area contributed by atoms with E-state index in [1.165, 1.54) is 6.42 Å². The molecule has 0 aliphatic carbocycles. The van der Waals surface area contributed by atoms with E-state index in [-0.39, 0.29) is 0 Å². The predicted molar refractivity (Wildman–Crippen MR) is 59.6 cm³/mol. The van der Waals surface area contributed by atoms with Crippen molar-refractivity contribution in [3.05, 3.63) is 0 Å². The van der Waals surface area contributed by atoms with Crippen molar-refractivity contribution in [2.45, 2.75) is 26.2 Å². The Hall–Kier alpha value is -0.120. The molecule has 0 saturated heterocycles. The Morgan fingerprint density at radius 3 is 2.57 bits per heavy atom. The SMILES string of the molecule is CCC(CCOCCCOC)CNC. The van der Waals surface area contributed by atoms with Crippen LogP contribution in [0.5, 0.6) is 0 Å². The van der Waals surface area contributed by atoms with E-state index < -0.39 is 0 Å². The van der Waals surface area contributed by atoms with Crippen molar-refractivity contribution in [1.29, 1.82) is 0 Å². The molecular formula is C11H25NO2. The average Bonchev–Trinajstić information content (AvgIpc) is 2.21. The lowest BCUT2D eigenvalue weighted by atomic mass is 10.0. The minimum atomic E-state index is 0.752. The van der Waals surface area contributed by atoms with Crippen LogP contribution in [0, 0.1) is 5.92 Å². The maximum Gasteiger partial charge on any atom is 0.0487 e. The van der Waals surface area contributed by atoms with Crippen molar-refractivity contribution < 1.29 is 9.47 Å². The Bertz CT molecular complexity index is 109. The topological polar surface area (TPSA) is 30.5 Å². The number of nitrogens with one attached hydrogen (secondary N) is 1. The quantitative estimate of drug-likeness (QED) is 0.548. The zero-order valence-corrected chi connectivity index (χ0v) is 9.84. The molecule has 0 aromatic rings. The summed E-state index contributed by atoms with van der Waals surface area (Å²) in [6.07, 6.45) is 3.38. The van der Waals surface area contributed by atoms with Crippen molar-refractivity contribution >= 4 is 0 Å². The van der Waals surface area contributed by atoms with E-state index in [1.54, 1.807) is 7.11 Å². The highest BCUT2D eigenvalue weighted by molar-refractivity contribution is 4.58. The summed E-state index contributed by atoms with van der Waals surface area (Å²) in [5.74, 6) is 0.752. The third kappa shape index (κ3) is 8.48. The van der Waals surface area contributed by atoms with Crippen LogP contribution < -0.4 is 5.32 Å². The van der Waals surface area contributed by atoms with Crippen LogP contribution in [-0.2, 0) is 9.47 Å². The molecule has 1 unspecified atom stereocenters. The fourth-order valence-electron chi connectivity index (χ4n) is 1.40. The summed E-state index contributed by atoms with van der Waals surface area (Å²) in [6.45, 7) is 5.83. The second kappa shape index (κ2) is 11.0. The number of rotatable bonds is 10. The van der Waals surface area contributed by atoms with Crippen LogP contribution in [0.2, 0.25) is 0 Å². The Morgan fingerprint density at radius 1 is 1.21 bits per heavy atom. The first-order chi connectivity index (χ1) is 6.85. The molecule has 0 aliphatic rings. The first-order valence-electron chi connectivity index (χ1n) is 5.56. The smallest absolute Gasteiger partial charge is 0.0487 e. The second-order valence-corrected chi connectivity index (χ2v) is 3.58. The van der Waals surface area contributed by atoms with Crippen molar-refractivity contribution in [3.8, 4) is 0 Å². The number of hydrogen-bond donors (Lipinski definition) is 1. The molecular weight excluding hydrogens is 178 g/mol. The van der Waals surface area contributed by atoms with E-state index in [0.717, 1.165) is 45.1 Å². The molecule has 0 aliphatic heterocycles. The van der Waals surface area contributed by atoms with Crippen LogP contribution in [0.1, 0.15) is 26.2 Å². The van der Waals surface area contributed by atoms with E-state index in [9.17, 15) is 0 Å². The van der Waals surface area contributed by atoms with Gasteiger partial charge in [-0.2, -0.15) is 0 Å². The fraction of sp³-hybridized carbons (Fsp3) is 1.00. The summed E-state index contributed by atoms with van der Waals surface area (Å²) >= 11 is 0. The summed E-state index contributed by atoms with van der Waals surface area (Å²) < 4.78 is 10.4. The predicted octanol–water partition coefficient (Wildman–Crippen LogP) is 1.68. The molecule has 1 N–H and O–H groups in total. The Kier molecular flexibility index (Phi) is 10.9. The largest absolute Gasteiger partial charge is 0.385 e. The Balaban J connectivity index is 3.15. The molecule has 0 aromatic heterocycles. The van der Waals surface area contributed by atoms with Crippen LogP contribution in [0.4, 0.5) is 0 Å². The van der Waals surface area contributed by atoms with Gasteiger partial charge in [-0.15, -0.1) is 0 Å². The molecule has 0 fully saturated rings. The highest BCUT2D eigenvalue weighted by Crippen LogP contribution is 2.06. The molecule has 86 valence electrons. The lowest BCUT2D eigenvalue weighted by molar-refractivity contribution is 0.0933. The molecule has 0 heterocycles. The van der Waals surface area contributed by atoms with Crippen LogP contribution in [0.3, 0.4) is 0 Å². The lowest BCUT2D eigenvalue weighted by Gasteiger charge is -2.13. The number of hydrogen-bond acceptors (Lipinski definition) is 3. The highest BCUT2D eigenvalue weighted by Gasteiger charge is 2.03. The summed E-state index contributed by atoms with van der Waals surface area (Å²) in [6, 6.07) is 0. The van der Waals surface area contributed by atoms with Crippen molar-refractivity contribution in [2.75, 3.05) is 40.5 Å². The van der Waals surface area contributed by atoms with E-state index in [0.29, 0.717) is 0 Å². The fourth-order valence-corrected chi connectivity index (χ4v) is 1.40. The van der Waals surface area contributed by atoms with Gasteiger partial charge in [0, 0.05) is 26.9 Å². The summed E-state index contributed by atoms with van der Waals surface area (Å²) in [5.41, 5.74) is 0. The normalized spacial score (nSPS) is 13.1. The van der Waals surface area contributed by atoms with Gasteiger partial charge >= 0.3 is 0 Å². The van der Waals surface area contributed by atoms with E-state index in [4.69, 9.17) is 9.47 Å². The molecule has 0 aromatic carbocycles. The second-order valence-electron chi connectivity index (χ2n) is 3.58. The van der Waals surface area contributed by atoms with Gasteiger partial charge in [0.2, 0.25) is 0 Å². The standard InChI is InChI=1S/C11H25NO2/c1-4-11(10-12-2)6-9-14-8-5-7-13-3/h11-12H,4-10H2,1-3H3. The maximum absolute atomic E-state index is 5.51. The monoisotopic (exact) mass is 203 g/mol. The zero-order valence-electron chi connectivity index (χ0n) is 9.84. The van der Waals surface area contributed by atoms with Crippen LogP contribution in [0.15, 0.2) is 0 Å². The van der Waals surface area contributed by atoms with E-state index >= 15 is 0 Å². The molecule has 0 amide bonds. The van der Waals surface area contributed by atoms with Crippen LogP contribution >= 0.6 is 0 Å². The molecule has 0 radical (unpaired) electrons. The van der Waals surface area contributed by atoms with Crippen molar-refractivity contribution in [2.24, 2.45) is 5.92 Å². The van der Waals surface area contributed by atoms with Gasteiger partial charge in [-0.1, -0.05) is 13.3 Å². The van der Waals surface area contributed by atoms with Gasteiger partial charge < -0.3 is 14.8 Å². The van der Waals surface area contributed by atoms with Gasteiger partial charge in [-0.3, -0.25) is 0 Å². The molecule has 1 atom stereocenters. The first kappa shape index (κ1) is 13.9. The third-order valence-corrected chi connectivity index (χ3v) is 2.38. The summed E-state index contributed by atoms with van der Waals surface area (Å²) in [4.78, 5) is 0. The molecule has 0 bridgehead atoms. The van der Waals surface area contributed by atoms with Crippen LogP contribution in [0.25, 0.3) is 0 Å². The minimum Gasteiger partial charge on any atom is -0.385 e. The van der Waals surface area contributed by atoms with Gasteiger partial charge in [-0.05, 0) is 32.4 Å². The molecule has 0 rings (SSSR count). The number of methoxy groups -OCH3 is 1. The molecule has 0 saturated carbocycles.